The largest absolute Gasteiger partial charge is 0.433 e. The minimum Gasteiger partial charge on any atom is -0.287 e. The van der Waals surface area contributed by atoms with Gasteiger partial charge in [0.25, 0.3) is 5.91 Å². The molecule has 3 amide bonds. The number of quaternary nitrogens is 1. The maximum absolute atomic E-state index is 13.7. The van der Waals surface area contributed by atoms with Crippen molar-refractivity contribution in [3.8, 4) is 6.07 Å². The van der Waals surface area contributed by atoms with Gasteiger partial charge in [0.1, 0.15) is 30.1 Å². The Morgan fingerprint density at radius 3 is 2.55 bits per heavy atom. The number of urea groups is 1. The molecule has 0 saturated carbocycles. The second-order valence-corrected chi connectivity index (χ2v) is 8.09. The summed E-state index contributed by atoms with van der Waals surface area (Å²) in [6.07, 6.45) is 1.29. The predicted octanol–water partition coefficient (Wildman–Crippen LogP) is 1.73. The Hall–Kier alpha value is -3.55. The van der Waals surface area contributed by atoms with Crippen molar-refractivity contribution in [3.63, 3.8) is 0 Å². The van der Waals surface area contributed by atoms with Crippen LogP contribution in [0.1, 0.15) is 21.6 Å². The molecule has 0 radical (unpaired) electrons. The highest BCUT2D eigenvalue weighted by Gasteiger charge is 2.73. The van der Waals surface area contributed by atoms with E-state index in [-0.39, 0.29) is 30.2 Å². The quantitative estimate of drug-likeness (QED) is 0.423. The van der Waals surface area contributed by atoms with Crippen molar-refractivity contribution in [1.29, 1.82) is 5.26 Å². The van der Waals surface area contributed by atoms with Gasteiger partial charge in [0.15, 0.2) is 12.1 Å². The van der Waals surface area contributed by atoms with Gasteiger partial charge in [-0.3, -0.25) is 9.59 Å². The first-order valence-corrected chi connectivity index (χ1v) is 9.61. The van der Waals surface area contributed by atoms with Crippen LogP contribution in [0.2, 0.25) is 0 Å². The molecular formula is C21H16F2N5O3+. The molecule has 2 bridgehead atoms. The molecule has 10 heteroatoms. The Kier molecular flexibility index (Phi) is 4.05. The summed E-state index contributed by atoms with van der Waals surface area (Å²) in [6, 6.07) is 3.71. The van der Waals surface area contributed by atoms with Gasteiger partial charge in [-0.2, -0.15) is 10.2 Å². The lowest BCUT2D eigenvalue weighted by molar-refractivity contribution is -0.852. The average Bonchev–Trinajstić information content (AvgIpc) is 3.35. The highest BCUT2D eigenvalue weighted by molar-refractivity contribution is 6.19. The molecule has 4 unspecified atom stereocenters. The molecule has 2 aromatic rings. The fraction of sp³-hybridized carbons (Fsp3) is 0.286. The molecular weight excluding hydrogens is 408 g/mol. The molecule has 1 spiro atoms. The van der Waals surface area contributed by atoms with Crippen LogP contribution in [-0.2, 0) is 4.79 Å². The number of aryl methyl sites for hydroxylation is 1. The van der Waals surface area contributed by atoms with E-state index in [0.29, 0.717) is 18.2 Å². The second-order valence-electron chi connectivity index (χ2n) is 8.09. The van der Waals surface area contributed by atoms with Crippen molar-refractivity contribution in [1.82, 2.24) is 9.88 Å². The van der Waals surface area contributed by atoms with Gasteiger partial charge < -0.3 is 0 Å². The SMILES string of the molecule is Cc1cc(N2C(=O)C3CN4CC(C(=O)c5cc(F)cc(F)c5)[N+]3(C4)C2=O)cnc1C#N. The number of Topliss-reactive ketones (excluding diaryl/α,β-unsaturated/α-hetero) is 1. The van der Waals surface area contributed by atoms with E-state index < -0.39 is 45.9 Å². The second kappa shape index (κ2) is 6.47. The van der Waals surface area contributed by atoms with Gasteiger partial charge in [0.2, 0.25) is 5.78 Å². The van der Waals surface area contributed by atoms with Crippen LogP contribution in [0.15, 0.2) is 30.5 Å². The summed E-state index contributed by atoms with van der Waals surface area (Å²) in [5, 5.41) is 9.08. The van der Waals surface area contributed by atoms with Crippen molar-refractivity contribution in [2.75, 3.05) is 24.7 Å². The van der Waals surface area contributed by atoms with Gasteiger partial charge in [-0.05, 0) is 30.7 Å². The van der Waals surface area contributed by atoms with E-state index in [1.807, 2.05) is 11.0 Å². The summed E-state index contributed by atoms with van der Waals surface area (Å²) in [6.45, 7) is 2.34. The minimum absolute atomic E-state index is 0.169. The predicted molar refractivity (Wildman–Crippen MR) is 102 cm³/mol. The number of nitriles is 1. The molecule has 3 aliphatic heterocycles. The van der Waals surface area contributed by atoms with Crippen molar-refractivity contribution in [3.05, 3.63) is 58.9 Å². The summed E-state index contributed by atoms with van der Waals surface area (Å²) >= 11 is 0. The van der Waals surface area contributed by atoms with E-state index in [2.05, 4.69) is 4.98 Å². The number of carbonyl (C=O) groups is 3. The Morgan fingerprint density at radius 1 is 1.19 bits per heavy atom. The number of rotatable bonds is 3. The number of pyridine rings is 1. The monoisotopic (exact) mass is 424 g/mol. The summed E-state index contributed by atoms with van der Waals surface area (Å²) in [7, 11) is 0. The molecule has 31 heavy (non-hydrogen) atoms. The molecule has 156 valence electrons. The first-order valence-electron chi connectivity index (χ1n) is 9.61. The molecule has 3 aliphatic rings. The number of ketones is 1. The van der Waals surface area contributed by atoms with Gasteiger partial charge in [-0.15, -0.1) is 0 Å². The van der Waals surface area contributed by atoms with Crippen molar-refractivity contribution >= 4 is 23.4 Å². The van der Waals surface area contributed by atoms with Gasteiger partial charge in [-0.25, -0.2) is 27.9 Å². The lowest BCUT2D eigenvalue weighted by atomic mass is 9.98. The number of hydrogen-bond acceptors (Lipinski definition) is 6. The van der Waals surface area contributed by atoms with E-state index in [9.17, 15) is 23.2 Å². The lowest BCUT2D eigenvalue weighted by Gasteiger charge is -2.32. The van der Waals surface area contributed by atoms with E-state index in [4.69, 9.17) is 5.26 Å². The Labute approximate surface area is 175 Å². The normalized spacial score (nSPS) is 28.7. The zero-order valence-corrected chi connectivity index (χ0v) is 16.4. The third kappa shape index (κ3) is 2.57. The Bertz CT molecular complexity index is 1210. The molecule has 5 rings (SSSR count). The van der Waals surface area contributed by atoms with Gasteiger partial charge in [0.05, 0.1) is 25.0 Å². The third-order valence-corrected chi connectivity index (χ3v) is 6.34. The van der Waals surface area contributed by atoms with Crippen molar-refractivity contribution in [2.45, 2.75) is 19.0 Å². The number of piperazine rings is 1. The third-order valence-electron chi connectivity index (χ3n) is 6.34. The smallest absolute Gasteiger partial charge is 0.287 e. The summed E-state index contributed by atoms with van der Waals surface area (Å²) in [5.74, 6) is -2.81. The molecule has 8 nitrogen and oxygen atoms in total. The van der Waals surface area contributed by atoms with E-state index >= 15 is 0 Å². The molecule has 0 aliphatic carbocycles. The lowest BCUT2D eigenvalue weighted by Crippen LogP contribution is -2.62. The standard InChI is InChI=1S/C21H16F2N5O3/c1-11-2-15(7-25-16(11)6-24)27-20(30)18-9-26-8-17(28(18,10-26)21(27)31)19(29)12-3-13(22)5-14(23)4-12/h2-5,7,17-18H,8-10H2,1H3/q+1. The molecule has 3 saturated heterocycles. The maximum Gasteiger partial charge on any atom is 0.433 e. The first kappa shape index (κ1) is 19.4. The van der Waals surface area contributed by atoms with E-state index in [0.717, 1.165) is 17.0 Å². The fourth-order valence-corrected chi connectivity index (χ4v) is 4.97. The molecule has 4 atom stereocenters. The zero-order chi connectivity index (χ0) is 22.1. The summed E-state index contributed by atoms with van der Waals surface area (Å²) < 4.78 is 26.9. The van der Waals surface area contributed by atoms with Crippen LogP contribution in [0.5, 0.6) is 0 Å². The van der Waals surface area contributed by atoms with Crippen LogP contribution in [0, 0.1) is 29.9 Å². The summed E-state index contributed by atoms with van der Waals surface area (Å²) in [4.78, 5) is 46.9. The first-order chi connectivity index (χ1) is 14.8. The molecule has 3 fully saturated rings. The zero-order valence-electron chi connectivity index (χ0n) is 16.4. The van der Waals surface area contributed by atoms with Gasteiger partial charge >= 0.3 is 6.03 Å². The number of anilines is 1. The van der Waals surface area contributed by atoms with Crippen molar-refractivity contribution in [2.24, 2.45) is 0 Å². The van der Waals surface area contributed by atoms with Crippen LogP contribution in [0.25, 0.3) is 0 Å². The van der Waals surface area contributed by atoms with Crippen molar-refractivity contribution < 1.29 is 27.6 Å². The van der Waals surface area contributed by atoms with Crippen LogP contribution in [0.4, 0.5) is 19.3 Å². The molecule has 0 N–H and O–H groups in total. The number of imide groups is 1. The number of aromatic nitrogens is 1. The number of benzene rings is 1. The summed E-state index contributed by atoms with van der Waals surface area (Å²) in [5.41, 5.74) is 0.759. The Morgan fingerprint density at radius 2 is 1.90 bits per heavy atom. The molecule has 1 aromatic carbocycles. The van der Waals surface area contributed by atoms with Crippen LogP contribution in [0.3, 0.4) is 0 Å². The van der Waals surface area contributed by atoms with E-state index in [1.165, 1.54) is 12.3 Å². The fourth-order valence-electron chi connectivity index (χ4n) is 4.97. The van der Waals surface area contributed by atoms with Gasteiger partial charge in [-0.1, -0.05) is 0 Å². The van der Waals surface area contributed by atoms with E-state index in [1.54, 1.807) is 6.92 Å². The van der Waals surface area contributed by atoms with Crippen LogP contribution in [-0.4, -0.2) is 63.9 Å². The number of hydrogen-bond donors (Lipinski definition) is 0. The number of amides is 3. The molecule has 1 aromatic heterocycles. The van der Waals surface area contributed by atoms with Gasteiger partial charge in [0, 0.05) is 11.6 Å². The maximum atomic E-state index is 13.7. The number of halogens is 2. The van der Waals surface area contributed by atoms with Crippen LogP contribution >= 0.6 is 0 Å². The average molecular weight is 424 g/mol. The van der Waals surface area contributed by atoms with Crippen LogP contribution < -0.4 is 4.90 Å². The minimum atomic E-state index is -0.950. The molecule has 4 heterocycles. The number of carbonyl (C=O) groups excluding carboxylic acids is 3. The highest BCUT2D eigenvalue weighted by Crippen LogP contribution is 2.44. The number of fused-ring (bicyclic) bond motifs is 1. The Balaban J connectivity index is 1.56. The topological polar surface area (TPSA) is 94.4 Å². The number of nitrogens with zero attached hydrogens (tertiary/aromatic N) is 5. The highest BCUT2D eigenvalue weighted by atomic mass is 19.1.